The summed E-state index contributed by atoms with van der Waals surface area (Å²) >= 11 is 1.85. The number of carbonyl (C=O) groups excluding carboxylic acids is 1. The highest BCUT2D eigenvalue weighted by molar-refractivity contribution is 7.98. The molecule has 1 N–H and O–H groups in total. The van der Waals surface area contributed by atoms with Crippen LogP contribution in [0, 0.1) is 0 Å². The lowest BCUT2D eigenvalue weighted by atomic mass is 10.1. The van der Waals surface area contributed by atoms with Gasteiger partial charge >= 0.3 is 0 Å². The maximum atomic E-state index is 12.1. The van der Waals surface area contributed by atoms with Gasteiger partial charge in [0.2, 0.25) is 5.91 Å². The number of nitrogens with zero attached hydrogens (tertiary/aromatic N) is 1. The third-order valence-corrected chi connectivity index (χ3v) is 3.82. The molecular formula is C12H24N2OS. The summed E-state index contributed by atoms with van der Waals surface area (Å²) in [5.74, 6) is 1.39. The highest BCUT2D eigenvalue weighted by atomic mass is 32.2. The number of hydrogen-bond donors (Lipinski definition) is 1. The predicted octanol–water partition coefficient (Wildman–Crippen LogP) is 2.07. The minimum absolute atomic E-state index is 0.00622. The number of nitrogens with one attached hydrogen (secondary N) is 1. The smallest absolute Gasteiger partial charge is 0.240 e. The van der Waals surface area contributed by atoms with Crippen molar-refractivity contribution in [2.24, 2.45) is 0 Å². The van der Waals surface area contributed by atoms with Gasteiger partial charge in [-0.15, -0.1) is 0 Å². The van der Waals surface area contributed by atoms with Crippen LogP contribution in [-0.2, 0) is 4.79 Å². The molecule has 4 heteroatoms. The summed E-state index contributed by atoms with van der Waals surface area (Å²) in [7, 11) is 0. The molecule has 1 heterocycles. The molecule has 1 aliphatic rings. The topological polar surface area (TPSA) is 32.3 Å². The van der Waals surface area contributed by atoms with Crippen LogP contribution in [0.3, 0.4) is 0 Å². The predicted molar refractivity (Wildman–Crippen MR) is 70.6 cm³/mol. The van der Waals surface area contributed by atoms with Crippen LogP contribution in [0.4, 0.5) is 0 Å². The van der Waals surface area contributed by atoms with E-state index in [4.69, 9.17) is 0 Å². The Kier molecular flexibility index (Phi) is 5.62. The Bertz CT molecular complexity index is 235. The van der Waals surface area contributed by atoms with Crippen molar-refractivity contribution in [3.05, 3.63) is 0 Å². The van der Waals surface area contributed by atoms with E-state index in [0.29, 0.717) is 6.04 Å². The molecule has 0 aromatic rings. The molecule has 0 saturated carbocycles. The molecule has 0 aliphatic carbocycles. The van der Waals surface area contributed by atoms with Gasteiger partial charge in [0.15, 0.2) is 0 Å². The average Bonchev–Trinajstić information content (AvgIpc) is 2.52. The maximum Gasteiger partial charge on any atom is 0.240 e. The first-order valence-corrected chi connectivity index (χ1v) is 7.58. The van der Waals surface area contributed by atoms with E-state index < -0.39 is 0 Å². The molecule has 0 aromatic heterocycles. The molecule has 1 aliphatic heterocycles. The molecule has 3 atom stereocenters. The summed E-state index contributed by atoms with van der Waals surface area (Å²) in [5.41, 5.74) is 0. The number of thioether (sulfide) groups is 1. The molecule has 0 spiro atoms. The normalized spacial score (nSPS) is 27.5. The highest BCUT2D eigenvalue weighted by Gasteiger charge is 2.37. The van der Waals surface area contributed by atoms with Gasteiger partial charge in [0, 0.05) is 6.04 Å². The second kappa shape index (κ2) is 6.50. The summed E-state index contributed by atoms with van der Waals surface area (Å²) in [4.78, 5) is 14.1. The third-order valence-electron chi connectivity index (χ3n) is 3.18. The molecular weight excluding hydrogens is 220 g/mol. The van der Waals surface area contributed by atoms with Crippen LogP contribution < -0.4 is 5.32 Å². The fourth-order valence-corrected chi connectivity index (χ4v) is 2.84. The minimum atomic E-state index is -0.00622. The van der Waals surface area contributed by atoms with E-state index in [1.54, 1.807) is 0 Å². The fourth-order valence-electron chi connectivity index (χ4n) is 2.27. The first-order chi connectivity index (χ1) is 7.61. The maximum absolute atomic E-state index is 12.1. The Morgan fingerprint density at radius 3 is 2.81 bits per heavy atom. The largest absolute Gasteiger partial charge is 0.323 e. The van der Waals surface area contributed by atoms with Crippen molar-refractivity contribution >= 4 is 17.7 Å². The quantitative estimate of drug-likeness (QED) is 0.776. The zero-order valence-corrected chi connectivity index (χ0v) is 11.6. The summed E-state index contributed by atoms with van der Waals surface area (Å²) in [5, 5.41) is 3.38. The van der Waals surface area contributed by atoms with Crippen LogP contribution in [0.15, 0.2) is 0 Å². The molecule has 3 nitrogen and oxygen atoms in total. The molecule has 1 fully saturated rings. The lowest BCUT2D eigenvalue weighted by molar-refractivity contribution is -0.131. The van der Waals surface area contributed by atoms with Crippen LogP contribution in [0.25, 0.3) is 0 Å². The molecule has 0 aromatic carbocycles. The Morgan fingerprint density at radius 2 is 2.25 bits per heavy atom. The van der Waals surface area contributed by atoms with Crippen LogP contribution in [0.2, 0.25) is 0 Å². The zero-order valence-electron chi connectivity index (χ0n) is 10.8. The van der Waals surface area contributed by atoms with Crippen LogP contribution in [0.1, 0.15) is 40.0 Å². The molecule has 94 valence electrons. The minimum Gasteiger partial charge on any atom is -0.323 e. The number of rotatable bonds is 6. The standard InChI is InChI=1S/C12H24N2OS/c1-5-6-11-13-10(3)12(15)14(11)9(2)7-8-16-4/h9-11,13H,5-8H2,1-4H3. The van der Waals surface area contributed by atoms with Crippen molar-refractivity contribution in [1.29, 1.82) is 0 Å². The van der Waals surface area contributed by atoms with Crippen molar-refractivity contribution in [3.63, 3.8) is 0 Å². The van der Waals surface area contributed by atoms with E-state index in [1.165, 1.54) is 0 Å². The summed E-state index contributed by atoms with van der Waals surface area (Å²) in [6.45, 7) is 6.29. The van der Waals surface area contributed by atoms with E-state index in [1.807, 2.05) is 18.7 Å². The second-order valence-electron chi connectivity index (χ2n) is 4.57. The Labute approximate surface area is 103 Å². The van der Waals surface area contributed by atoms with Crippen molar-refractivity contribution in [2.45, 2.75) is 58.3 Å². The van der Waals surface area contributed by atoms with Gasteiger partial charge in [0.05, 0.1) is 12.2 Å². The molecule has 1 saturated heterocycles. The molecule has 16 heavy (non-hydrogen) atoms. The van der Waals surface area contributed by atoms with E-state index in [-0.39, 0.29) is 18.1 Å². The van der Waals surface area contributed by atoms with Crippen LogP contribution in [0.5, 0.6) is 0 Å². The first-order valence-electron chi connectivity index (χ1n) is 6.19. The van der Waals surface area contributed by atoms with Crippen molar-refractivity contribution in [1.82, 2.24) is 10.2 Å². The second-order valence-corrected chi connectivity index (χ2v) is 5.55. The van der Waals surface area contributed by atoms with Gasteiger partial charge in [0.1, 0.15) is 0 Å². The van der Waals surface area contributed by atoms with Crippen molar-refractivity contribution in [2.75, 3.05) is 12.0 Å². The SMILES string of the molecule is CCCC1NC(C)C(=O)N1C(C)CCSC. The number of carbonyl (C=O) groups is 1. The zero-order chi connectivity index (χ0) is 12.1. The Balaban J connectivity index is 2.61. The lowest BCUT2D eigenvalue weighted by Gasteiger charge is -2.30. The van der Waals surface area contributed by atoms with Crippen molar-refractivity contribution in [3.8, 4) is 0 Å². The average molecular weight is 244 g/mol. The first kappa shape index (κ1) is 13.8. The molecule has 0 radical (unpaired) electrons. The van der Waals surface area contributed by atoms with Gasteiger partial charge in [-0.1, -0.05) is 13.3 Å². The van der Waals surface area contributed by atoms with E-state index >= 15 is 0 Å². The van der Waals surface area contributed by atoms with Gasteiger partial charge in [-0.2, -0.15) is 11.8 Å². The van der Waals surface area contributed by atoms with Crippen molar-refractivity contribution < 1.29 is 4.79 Å². The van der Waals surface area contributed by atoms with E-state index in [0.717, 1.165) is 25.0 Å². The third kappa shape index (κ3) is 3.14. The molecule has 1 rings (SSSR count). The highest BCUT2D eigenvalue weighted by Crippen LogP contribution is 2.20. The molecule has 3 unspecified atom stereocenters. The van der Waals surface area contributed by atoms with Crippen LogP contribution in [-0.4, -0.2) is 41.1 Å². The van der Waals surface area contributed by atoms with Gasteiger partial charge in [-0.05, 0) is 38.7 Å². The monoisotopic (exact) mass is 244 g/mol. The Hall–Kier alpha value is -0.220. The lowest BCUT2D eigenvalue weighted by Crippen LogP contribution is -2.43. The van der Waals surface area contributed by atoms with Gasteiger partial charge < -0.3 is 4.90 Å². The molecule has 1 amide bonds. The van der Waals surface area contributed by atoms with Crippen LogP contribution >= 0.6 is 11.8 Å². The summed E-state index contributed by atoms with van der Waals surface area (Å²) in [6, 6.07) is 0.349. The fraction of sp³-hybridized carbons (Fsp3) is 0.917. The molecule has 0 bridgehead atoms. The van der Waals surface area contributed by atoms with E-state index in [9.17, 15) is 4.79 Å². The summed E-state index contributed by atoms with van der Waals surface area (Å²) in [6.07, 6.45) is 5.62. The summed E-state index contributed by atoms with van der Waals surface area (Å²) < 4.78 is 0. The van der Waals surface area contributed by atoms with Gasteiger partial charge in [-0.3, -0.25) is 10.1 Å². The van der Waals surface area contributed by atoms with Gasteiger partial charge in [0.25, 0.3) is 0 Å². The number of hydrogen-bond acceptors (Lipinski definition) is 3. The van der Waals surface area contributed by atoms with Gasteiger partial charge in [-0.25, -0.2) is 0 Å². The Morgan fingerprint density at radius 1 is 1.56 bits per heavy atom. The number of amides is 1. The van der Waals surface area contributed by atoms with E-state index in [2.05, 4.69) is 30.3 Å².